The Labute approximate surface area is 200 Å². The highest BCUT2D eigenvalue weighted by Crippen LogP contribution is 2.06. The zero-order chi connectivity index (χ0) is 27.1. The van der Waals surface area contributed by atoms with E-state index in [4.69, 9.17) is 27.4 Å². The van der Waals surface area contributed by atoms with Crippen LogP contribution in [0.4, 0.5) is 0 Å². The summed E-state index contributed by atoms with van der Waals surface area (Å²) in [6, 6.07) is -5.22. The number of aliphatic imine (C=N–C) groups is 1. The molecule has 0 heterocycles. The average Bonchev–Trinajstić information content (AvgIpc) is 2.74. The Kier molecular flexibility index (Phi) is 14.0. The van der Waals surface area contributed by atoms with Crippen molar-refractivity contribution in [3.8, 4) is 0 Å². The smallest absolute Gasteiger partial charge is 0.326 e. The number of carboxylic acids is 3. The first-order valence-electron chi connectivity index (χ1n) is 10.6. The van der Waals surface area contributed by atoms with Gasteiger partial charge in [0.15, 0.2) is 5.96 Å². The van der Waals surface area contributed by atoms with Gasteiger partial charge in [0, 0.05) is 19.4 Å². The van der Waals surface area contributed by atoms with Crippen LogP contribution in [0.25, 0.3) is 0 Å². The lowest BCUT2D eigenvalue weighted by molar-refractivity contribution is -0.143. The van der Waals surface area contributed by atoms with Gasteiger partial charge in [-0.3, -0.25) is 29.0 Å². The van der Waals surface area contributed by atoms with Gasteiger partial charge in [-0.05, 0) is 32.6 Å². The van der Waals surface area contributed by atoms with Crippen molar-refractivity contribution in [2.24, 2.45) is 22.2 Å². The number of guanidine groups is 1. The minimum absolute atomic E-state index is 0.0630. The number of carboxylic acid groups (broad SMARTS) is 3. The minimum atomic E-state index is -1.55. The molecule has 0 bridgehead atoms. The number of rotatable bonds is 17. The Bertz CT molecular complexity index is 812. The zero-order valence-electron chi connectivity index (χ0n) is 19.2. The third kappa shape index (κ3) is 14.0. The number of amides is 3. The van der Waals surface area contributed by atoms with Crippen molar-refractivity contribution in [3.05, 3.63) is 0 Å². The third-order valence-corrected chi connectivity index (χ3v) is 4.53. The first-order valence-corrected chi connectivity index (χ1v) is 10.6. The van der Waals surface area contributed by atoms with Gasteiger partial charge in [-0.25, -0.2) is 4.79 Å². The molecule has 4 unspecified atom stereocenters. The van der Waals surface area contributed by atoms with Gasteiger partial charge in [-0.1, -0.05) is 0 Å². The monoisotopic (exact) mass is 503 g/mol. The summed E-state index contributed by atoms with van der Waals surface area (Å²) >= 11 is 0. The van der Waals surface area contributed by atoms with Crippen LogP contribution in [0.5, 0.6) is 0 Å². The molecule has 0 saturated carbocycles. The van der Waals surface area contributed by atoms with Crippen molar-refractivity contribution >= 4 is 41.6 Å². The summed E-state index contributed by atoms with van der Waals surface area (Å²) < 4.78 is 0. The summed E-state index contributed by atoms with van der Waals surface area (Å²) in [5.41, 5.74) is 16.0. The normalized spacial score (nSPS) is 13.9. The van der Waals surface area contributed by atoms with Gasteiger partial charge in [-0.15, -0.1) is 0 Å². The van der Waals surface area contributed by atoms with E-state index in [9.17, 15) is 33.9 Å². The minimum Gasteiger partial charge on any atom is -0.481 e. The first kappa shape index (κ1) is 31.0. The maximum absolute atomic E-state index is 12.8. The van der Waals surface area contributed by atoms with Gasteiger partial charge in [0.05, 0.1) is 6.04 Å². The number of nitrogens with zero attached hydrogens (tertiary/aromatic N) is 1. The van der Waals surface area contributed by atoms with Crippen LogP contribution in [-0.4, -0.2) is 87.6 Å². The second-order valence-electron chi connectivity index (χ2n) is 7.62. The lowest BCUT2D eigenvalue weighted by atomic mass is 10.1. The Morgan fingerprint density at radius 1 is 0.743 bits per heavy atom. The Hall–Kier alpha value is -3.95. The molecule has 198 valence electrons. The van der Waals surface area contributed by atoms with Gasteiger partial charge in [-0.2, -0.15) is 0 Å². The van der Waals surface area contributed by atoms with Crippen molar-refractivity contribution in [3.63, 3.8) is 0 Å². The summed E-state index contributed by atoms with van der Waals surface area (Å²) in [7, 11) is 0. The van der Waals surface area contributed by atoms with E-state index in [1.54, 1.807) is 0 Å². The number of hydrogen-bond acceptors (Lipinski definition) is 8. The van der Waals surface area contributed by atoms with Crippen LogP contribution in [0, 0.1) is 0 Å². The van der Waals surface area contributed by atoms with E-state index < -0.39 is 79.1 Å². The van der Waals surface area contributed by atoms with E-state index in [0.29, 0.717) is 0 Å². The fraction of sp³-hybridized carbons (Fsp3) is 0.632. The van der Waals surface area contributed by atoms with Crippen molar-refractivity contribution in [2.75, 3.05) is 6.54 Å². The van der Waals surface area contributed by atoms with Crippen molar-refractivity contribution in [2.45, 2.75) is 69.6 Å². The van der Waals surface area contributed by atoms with E-state index in [2.05, 4.69) is 20.9 Å². The molecule has 3 amide bonds. The summed E-state index contributed by atoms with van der Waals surface area (Å²) in [5, 5.41) is 33.8. The molecule has 16 heteroatoms. The van der Waals surface area contributed by atoms with E-state index in [1.165, 1.54) is 6.92 Å². The van der Waals surface area contributed by atoms with Crippen LogP contribution in [0.3, 0.4) is 0 Å². The molecule has 0 aromatic heterocycles. The molecule has 4 atom stereocenters. The van der Waals surface area contributed by atoms with Crippen LogP contribution < -0.4 is 33.2 Å². The van der Waals surface area contributed by atoms with Gasteiger partial charge >= 0.3 is 17.9 Å². The summed E-state index contributed by atoms with van der Waals surface area (Å²) in [5.74, 6) is -6.75. The highest BCUT2D eigenvalue weighted by atomic mass is 16.4. The molecule has 35 heavy (non-hydrogen) atoms. The maximum Gasteiger partial charge on any atom is 0.326 e. The van der Waals surface area contributed by atoms with Crippen LogP contribution in [0.15, 0.2) is 4.99 Å². The van der Waals surface area contributed by atoms with Crippen molar-refractivity contribution in [1.82, 2.24) is 16.0 Å². The molecule has 0 aromatic rings. The van der Waals surface area contributed by atoms with E-state index >= 15 is 0 Å². The Morgan fingerprint density at radius 2 is 1.17 bits per heavy atom. The third-order valence-electron chi connectivity index (χ3n) is 4.53. The molecule has 0 aromatic carbocycles. The van der Waals surface area contributed by atoms with Gasteiger partial charge < -0.3 is 48.5 Å². The summed E-state index contributed by atoms with van der Waals surface area (Å²) in [6.45, 7) is 1.43. The summed E-state index contributed by atoms with van der Waals surface area (Å²) in [4.78, 5) is 74.4. The SMILES string of the molecule is CC(N)C(=O)NC(CCC(=O)O)C(=O)NC(CCCN=C(N)N)C(=O)NC(CCC(=O)O)C(=O)O. The highest BCUT2D eigenvalue weighted by Gasteiger charge is 2.30. The number of carbonyl (C=O) groups excluding carboxylic acids is 3. The molecule has 0 spiro atoms. The molecule has 0 aliphatic carbocycles. The molecule has 0 radical (unpaired) electrons. The number of aliphatic carboxylic acids is 3. The van der Waals surface area contributed by atoms with Crippen LogP contribution in [0.2, 0.25) is 0 Å². The predicted molar refractivity (Wildman–Crippen MR) is 121 cm³/mol. The highest BCUT2D eigenvalue weighted by molar-refractivity contribution is 5.94. The van der Waals surface area contributed by atoms with Crippen LogP contribution in [-0.2, 0) is 28.8 Å². The fourth-order valence-electron chi connectivity index (χ4n) is 2.68. The number of nitrogens with one attached hydrogen (secondary N) is 3. The largest absolute Gasteiger partial charge is 0.481 e. The van der Waals surface area contributed by atoms with Gasteiger partial charge in [0.25, 0.3) is 0 Å². The zero-order valence-corrected chi connectivity index (χ0v) is 19.2. The number of nitrogens with two attached hydrogens (primary N) is 3. The predicted octanol–water partition coefficient (Wildman–Crippen LogP) is -3.34. The Morgan fingerprint density at radius 3 is 1.60 bits per heavy atom. The molecule has 0 saturated heterocycles. The van der Waals surface area contributed by atoms with Crippen molar-refractivity contribution in [1.29, 1.82) is 0 Å². The second kappa shape index (κ2) is 15.8. The molecular weight excluding hydrogens is 470 g/mol. The summed E-state index contributed by atoms with van der Waals surface area (Å²) in [6.07, 6.45) is -1.61. The molecule has 12 N–H and O–H groups in total. The van der Waals surface area contributed by atoms with Gasteiger partial charge in [0.2, 0.25) is 17.7 Å². The maximum atomic E-state index is 12.8. The lowest BCUT2D eigenvalue weighted by Gasteiger charge is -2.24. The van der Waals surface area contributed by atoms with E-state index in [1.807, 2.05) is 0 Å². The Balaban J connectivity index is 5.61. The molecule has 0 rings (SSSR count). The molecule has 16 nitrogen and oxygen atoms in total. The van der Waals surface area contributed by atoms with E-state index in [-0.39, 0.29) is 31.8 Å². The molecular formula is C19H33N7O9. The fourth-order valence-corrected chi connectivity index (χ4v) is 2.68. The molecule has 0 aliphatic rings. The molecule has 0 aliphatic heterocycles. The van der Waals surface area contributed by atoms with Crippen LogP contribution in [0.1, 0.15) is 45.4 Å². The quantitative estimate of drug-likeness (QED) is 0.0534. The second-order valence-corrected chi connectivity index (χ2v) is 7.62. The first-order chi connectivity index (χ1) is 16.2. The standard InChI is InChI=1S/C19H33N7O9/c1-9(20)15(31)24-11(4-6-13(27)28)17(33)25-10(3-2-8-23-19(21)22)16(32)26-12(18(34)35)5-7-14(29)30/h9-12H,2-8,20H2,1H3,(H,24,31)(H,25,33)(H,26,32)(H,27,28)(H,29,30)(H,34,35)(H4,21,22,23). The van der Waals surface area contributed by atoms with Crippen LogP contribution >= 0.6 is 0 Å². The number of hydrogen-bond donors (Lipinski definition) is 9. The van der Waals surface area contributed by atoms with Gasteiger partial charge in [0.1, 0.15) is 18.1 Å². The topological polar surface area (TPSA) is 290 Å². The number of carbonyl (C=O) groups is 6. The van der Waals surface area contributed by atoms with Crippen molar-refractivity contribution < 1.29 is 44.1 Å². The molecule has 0 fully saturated rings. The lowest BCUT2D eigenvalue weighted by Crippen LogP contribution is -2.57. The van der Waals surface area contributed by atoms with E-state index in [0.717, 1.165) is 0 Å². The average molecular weight is 504 g/mol.